The van der Waals surface area contributed by atoms with E-state index in [1.807, 2.05) is 66.3 Å². The molecule has 0 aliphatic rings. The van der Waals surface area contributed by atoms with Gasteiger partial charge in [0.2, 0.25) is 0 Å². The summed E-state index contributed by atoms with van der Waals surface area (Å²) < 4.78 is 8.76. The molecule has 0 atom stereocenters. The van der Waals surface area contributed by atoms with Crippen LogP contribution in [0.1, 0.15) is 10.5 Å². The van der Waals surface area contributed by atoms with Gasteiger partial charge in [-0.25, -0.2) is 9.67 Å². The van der Waals surface area contributed by atoms with Gasteiger partial charge in [-0.2, -0.15) is 5.10 Å². The van der Waals surface area contributed by atoms with Gasteiger partial charge in [-0.15, -0.1) is 0 Å². The molecule has 0 unspecified atom stereocenters. The number of ether oxygens (including phenoxy) is 1. The van der Waals surface area contributed by atoms with Crippen LogP contribution in [-0.2, 0) is 7.05 Å². The number of imidazole rings is 1. The number of methoxy groups -OCH3 is 1. The van der Waals surface area contributed by atoms with Gasteiger partial charge >= 0.3 is 0 Å². The molecule has 29 heavy (non-hydrogen) atoms. The van der Waals surface area contributed by atoms with Crippen molar-refractivity contribution in [3.8, 4) is 11.4 Å². The first-order chi connectivity index (χ1) is 14.1. The van der Waals surface area contributed by atoms with Crippen molar-refractivity contribution in [2.75, 3.05) is 12.4 Å². The zero-order valence-corrected chi connectivity index (χ0v) is 16.8. The Hall–Kier alpha value is -3.52. The van der Waals surface area contributed by atoms with Gasteiger partial charge in [0.1, 0.15) is 5.75 Å². The molecule has 2 aromatic heterocycles. The highest BCUT2D eigenvalue weighted by Crippen LogP contribution is 2.32. The summed E-state index contributed by atoms with van der Waals surface area (Å²) in [5, 5.41) is 8.18. The van der Waals surface area contributed by atoms with E-state index in [0.29, 0.717) is 11.4 Å². The van der Waals surface area contributed by atoms with Gasteiger partial charge < -0.3 is 14.6 Å². The third kappa shape index (κ3) is 4.17. The first kappa shape index (κ1) is 18.8. The van der Waals surface area contributed by atoms with Gasteiger partial charge in [-0.3, -0.25) is 4.79 Å². The summed E-state index contributed by atoms with van der Waals surface area (Å²) in [6, 6.07) is 16.8. The molecule has 0 saturated heterocycles. The van der Waals surface area contributed by atoms with Crippen LogP contribution in [0, 0.1) is 0 Å². The zero-order valence-electron chi connectivity index (χ0n) is 15.9. The number of hydrogen-bond acceptors (Lipinski definition) is 5. The van der Waals surface area contributed by atoms with Crippen LogP contribution in [0.15, 0.2) is 83.2 Å². The Morgan fingerprint density at radius 2 is 1.86 bits per heavy atom. The van der Waals surface area contributed by atoms with E-state index in [1.54, 1.807) is 30.3 Å². The lowest BCUT2D eigenvalue weighted by atomic mass is 10.3. The van der Waals surface area contributed by atoms with Crippen molar-refractivity contribution in [2.45, 2.75) is 10.1 Å². The molecule has 146 valence electrons. The lowest BCUT2D eigenvalue weighted by Crippen LogP contribution is -2.13. The largest absolute Gasteiger partial charge is 0.497 e. The van der Waals surface area contributed by atoms with Gasteiger partial charge in [-0.1, -0.05) is 12.1 Å². The first-order valence-corrected chi connectivity index (χ1v) is 9.71. The van der Waals surface area contributed by atoms with Crippen LogP contribution in [0.5, 0.6) is 5.75 Å². The van der Waals surface area contributed by atoms with Crippen molar-refractivity contribution in [2.24, 2.45) is 7.05 Å². The molecule has 0 saturated carbocycles. The Morgan fingerprint density at radius 3 is 2.59 bits per heavy atom. The van der Waals surface area contributed by atoms with Crippen molar-refractivity contribution in [1.82, 2.24) is 19.3 Å². The second kappa shape index (κ2) is 8.24. The monoisotopic (exact) mass is 405 g/mol. The summed E-state index contributed by atoms with van der Waals surface area (Å²) in [7, 11) is 3.55. The van der Waals surface area contributed by atoms with Crippen LogP contribution in [0.4, 0.5) is 5.69 Å². The molecule has 4 aromatic rings. The lowest BCUT2D eigenvalue weighted by molar-refractivity contribution is 0.102. The van der Waals surface area contributed by atoms with Crippen molar-refractivity contribution < 1.29 is 9.53 Å². The van der Waals surface area contributed by atoms with E-state index in [4.69, 9.17) is 4.74 Å². The van der Waals surface area contributed by atoms with Crippen molar-refractivity contribution in [3.05, 3.63) is 78.9 Å². The number of para-hydroxylation sites is 1. The van der Waals surface area contributed by atoms with Crippen molar-refractivity contribution in [3.63, 3.8) is 0 Å². The van der Waals surface area contributed by atoms with E-state index in [9.17, 15) is 4.79 Å². The Morgan fingerprint density at radius 1 is 1.07 bits per heavy atom. The van der Waals surface area contributed by atoms with Crippen LogP contribution in [0.25, 0.3) is 5.69 Å². The number of carbonyl (C=O) groups is 1. The smallest absolute Gasteiger partial charge is 0.276 e. The summed E-state index contributed by atoms with van der Waals surface area (Å²) >= 11 is 1.49. The average Bonchev–Trinajstić information content (AvgIpc) is 3.39. The number of hydrogen-bond donors (Lipinski definition) is 1. The summed E-state index contributed by atoms with van der Waals surface area (Å²) in [5.41, 5.74) is 1.89. The number of aromatic nitrogens is 4. The molecule has 4 rings (SSSR count). The highest BCUT2D eigenvalue weighted by atomic mass is 32.2. The number of nitrogens with zero attached hydrogens (tertiary/aromatic N) is 4. The molecule has 0 bridgehead atoms. The molecule has 2 aromatic carbocycles. The maximum atomic E-state index is 12.7. The molecule has 0 aliphatic heterocycles. The predicted octanol–water partition coefficient (Wildman–Crippen LogP) is 4.02. The average molecular weight is 405 g/mol. The number of nitrogens with one attached hydrogen (secondary N) is 1. The van der Waals surface area contributed by atoms with E-state index in [2.05, 4.69) is 15.4 Å². The molecule has 0 fully saturated rings. The minimum atomic E-state index is -0.273. The number of benzene rings is 2. The number of carbonyl (C=O) groups excluding carboxylic acids is 1. The molecule has 0 spiro atoms. The van der Waals surface area contributed by atoms with E-state index < -0.39 is 0 Å². The molecular formula is C21H19N5O2S. The Bertz CT molecular complexity index is 1130. The van der Waals surface area contributed by atoms with Crippen LogP contribution in [-0.4, -0.2) is 32.3 Å². The Balaban J connectivity index is 1.51. The van der Waals surface area contributed by atoms with Gasteiger partial charge in [0.15, 0.2) is 10.9 Å². The standard InChI is InChI=1S/C21H19N5O2S/c1-25-14-12-22-21(25)29-19-6-4-3-5-17(19)23-20(27)18-11-13-26(24-18)15-7-9-16(28-2)10-8-15/h3-14H,1-2H3,(H,23,27). The van der Waals surface area contributed by atoms with Crippen LogP contribution in [0.2, 0.25) is 0 Å². The highest BCUT2D eigenvalue weighted by molar-refractivity contribution is 7.99. The Labute approximate surface area is 172 Å². The maximum Gasteiger partial charge on any atom is 0.276 e. The predicted molar refractivity (Wildman–Crippen MR) is 112 cm³/mol. The minimum Gasteiger partial charge on any atom is -0.497 e. The van der Waals surface area contributed by atoms with E-state index >= 15 is 0 Å². The van der Waals surface area contributed by atoms with Crippen molar-refractivity contribution >= 4 is 23.4 Å². The zero-order chi connectivity index (χ0) is 20.2. The summed E-state index contributed by atoms with van der Waals surface area (Å²) in [4.78, 5) is 18.0. The normalized spacial score (nSPS) is 10.7. The molecule has 1 N–H and O–H groups in total. The molecule has 0 radical (unpaired) electrons. The molecule has 7 nitrogen and oxygen atoms in total. The SMILES string of the molecule is COc1ccc(-n2ccc(C(=O)Nc3ccccc3Sc3nccn3C)n2)cc1. The third-order valence-electron chi connectivity index (χ3n) is 4.27. The summed E-state index contributed by atoms with van der Waals surface area (Å²) in [6.45, 7) is 0. The number of amides is 1. The second-order valence-electron chi connectivity index (χ2n) is 6.22. The summed E-state index contributed by atoms with van der Waals surface area (Å²) in [6.07, 6.45) is 5.38. The molecule has 1 amide bonds. The van der Waals surface area contributed by atoms with Gasteiger partial charge in [-0.05, 0) is 54.2 Å². The molecular weight excluding hydrogens is 386 g/mol. The fourth-order valence-corrected chi connectivity index (χ4v) is 3.61. The molecule has 0 aliphatic carbocycles. The number of rotatable bonds is 6. The molecule has 2 heterocycles. The maximum absolute atomic E-state index is 12.7. The quantitative estimate of drug-likeness (QED) is 0.525. The van der Waals surface area contributed by atoms with Gasteiger partial charge in [0, 0.05) is 30.5 Å². The highest BCUT2D eigenvalue weighted by Gasteiger charge is 2.14. The van der Waals surface area contributed by atoms with Crippen LogP contribution >= 0.6 is 11.8 Å². The lowest BCUT2D eigenvalue weighted by Gasteiger charge is -2.09. The van der Waals surface area contributed by atoms with Crippen molar-refractivity contribution in [1.29, 1.82) is 0 Å². The van der Waals surface area contributed by atoms with E-state index in [0.717, 1.165) is 21.5 Å². The fourth-order valence-electron chi connectivity index (χ4n) is 2.72. The van der Waals surface area contributed by atoms with Gasteiger partial charge in [0.05, 0.1) is 18.5 Å². The minimum absolute atomic E-state index is 0.273. The topological polar surface area (TPSA) is 74.0 Å². The second-order valence-corrected chi connectivity index (χ2v) is 7.23. The van der Waals surface area contributed by atoms with E-state index in [1.165, 1.54) is 11.8 Å². The third-order valence-corrected chi connectivity index (χ3v) is 5.42. The molecule has 8 heteroatoms. The van der Waals surface area contributed by atoms with Gasteiger partial charge in [0.25, 0.3) is 5.91 Å². The Kier molecular flexibility index (Phi) is 5.35. The number of aryl methyl sites for hydroxylation is 1. The van der Waals surface area contributed by atoms with E-state index in [-0.39, 0.29) is 5.91 Å². The summed E-state index contributed by atoms with van der Waals surface area (Å²) in [5.74, 6) is 0.492. The van der Waals surface area contributed by atoms with Crippen LogP contribution < -0.4 is 10.1 Å². The van der Waals surface area contributed by atoms with Crippen LogP contribution in [0.3, 0.4) is 0 Å². The number of anilines is 1. The fraction of sp³-hybridized carbons (Fsp3) is 0.0952. The first-order valence-electron chi connectivity index (χ1n) is 8.90.